The molecule has 0 saturated heterocycles. The molecule has 2 nitrogen and oxygen atoms in total. The molecule has 62 valence electrons. The third-order valence-corrected chi connectivity index (χ3v) is 1.34. The van der Waals surface area contributed by atoms with Crippen molar-refractivity contribution in [3.8, 4) is 11.5 Å². The van der Waals surface area contributed by atoms with E-state index in [0.29, 0.717) is 11.5 Å². The monoisotopic (exact) mass is 162 g/mol. The van der Waals surface area contributed by atoms with Crippen LogP contribution in [0.4, 0.5) is 0 Å². The Balaban J connectivity index is 2.88. The van der Waals surface area contributed by atoms with Crippen molar-refractivity contribution in [1.82, 2.24) is 0 Å². The van der Waals surface area contributed by atoms with Gasteiger partial charge >= 0.3 is 0 Å². The Hall–Kier alpha value is -1.66. The Kier molecular flexibility index (Phi) is 3.00. The van der Waals surface area contributed by atoms with Crippen molar-refractivity contribution in [3.63, 3.8) is 0 Å². The molecule has 1 aromatic rings. The maximum Gasteiger partial charge on any atom is 0.169 e. The van der Waals surface area contributed by atoms with E-state index in [2.05, 4.69) is 12.3 Å². The minimum Gasteiger partial charge on any atom is -0.493 e. The van der Waals surface area contributed by atoms with Gasteiger partial charge in [-0.1, -0.05) is 24.4 Å². The van der Waals surface area contributed by atoms with Crippen LogP contribution in [0.15, 0.2) is 42.8 Å². The van der Waals surface area contributed by atoms with E-state index in [9.17, 15) is 0 Å². The highest BCUT2D eigenvalue weighted by atomic mass is 16.5. The zero-order valence-corrected chi connectivity index (χ0v) is 6.91. The minimum absolute atomic E-state index is 0.663. The largest absolute Gasteiger partial charge is 0.493 e. The molecule has 0 atom stereocenters. The van der Waals surface area contributed by atoms with Crippen LogP contribution in [0.25, 0.3) is 0 Å². The smallest absolute Gasteiger partial charge is 0.169 e. The number of ether oxygens (including phenoxy) is 2. The van der Waals surface area contributed by atoms with Crippen molar-refractivity contribution in [2.24, 2.45) is 0 Å². The number of hydrogen-bond donors (Lipinski definition) is 0. The summed E-state index contributed by atoms with van der Waals surface area (Å²) in [7, 11) is 1.60. The summed E-state index contributed by atoms with van der Waals surface area (Å²) in [6.45, 7) is 3.38. The lowest BCUT2D eigenvalue weighted by Gasteiger charge is -2.04. The van der Waals surface area contributed by atoms with Gasteiger partial charge in [0.25, 0.3) is 0 Å². The van der Waals surface area contributed by atoms with Crippen LogP contribution >= 0.6 is 0 Å². The highest BCUT2D eigenvalue weighted by Gasteiger charge is 1.98. The molecule has 0 unspecified atom stereocenters. The van der Waals surface area contributed by atoms with Gasteiger partial charge in [0.1, 0.15) is 6.26 Å². The zero-order chi connectivity index (χ0) is 8.81. The Morgan fingerprint density at radius 2 is 2.00 bits per heavy atom. The molecule has 0 spiro atoms. The lowest BCUT2D eigenvalue weighted by molar-refractivity contribution is 0.378. The van der Waals surface area contributed by atoms with Crippen LogP contribution in [-0.4, -0.2) is 7.11 Å². The Morgan fingerprint density at radius 1 is 1.33 bits per heavy atom. The molecule has 1 aromatic carbocycles. The van der Waals surface area contributed by atoms with Gasteiger partial charge in [0, 0.05) is 0 Å². The molecule has 0 heterocycles. The topological polar surface area (TPSA) is 18.5 Å². The molecular weight excluding hydrogens is 152 g/mol. The minimum atomic E-state index is 0.663. The number of para-hydroxylation sites is 2. The molecule has 0 aliphatic carbocycles. The molecule has 0 aromatic heterocycles. The van der Waals surface area contributed by atoms with E-state index < -0.39 is 0 Å². The van der Waals surface area contributed by atoms with E-state index in [0.717, 1.165) is 0 Å². The first kappa shape index (κ1) is 8.44. The Labute approximate surface area is 71.7 Å². The number of hydrogen-bond acceptors (Lipinski definition) is 2. The molecule has 0 radical (unpaired) electrons. The van der Waals surface area contributed by atoms with Crippen LogP contribution in [0.5, 0.6) is 11.5 Å². The van der Waals surface area contributed by atoms with Crippen molar-refractivity contribution < 1.29 is 9.47 Å². The lowest BCUT2D eigenvalue weighted by atomic mass is 10.3. The predicted molar refractivity (Wildman–Crippen MR) is 47.3 cm³/mol. The molecule has 0 aliphatic rings. The van der Waals surface area contributed by atoms with E-state index >= 15 is 0 Å². The van der Waals surface area contributed by atoms with Gasteiger partial charge < -0.3 is 9.47 Å². The van der Waals surface area contributed by atoms with E-state index in [1.165, 1.54) is 6.26 Å². The first-order valence-corrected chi connectivity index (χ1v) is 3.52. The highest BCUT2D eigenvalue weighted by molar-refractivity contribution is 5.39. The van der Waals surface area contributed by atoms with Crippen LogP contribution in [0.1, 0.15) is 0 Å². The summed E-state index contributed by atoms with van der Waals surface area (Å²) in [6, 6.07) is 7.39. The van der Waals surface area contributed by atoms with E-state index in [-0.39, 0.29) is 0 Å². The van der Waals surface area contributed by atoms with Gasteiger partial charge in [-0.2, -0.15) is 0 Å². The van der Waals surface area contributed by atoms with Crippen LogP contribution in [0, 0.1) is 0 Å². The van der Waals surface area contributed by atoms with Crippen molar-refractivity contribution in [2.45, 2.75) is 0 Å². The molecule has 1 rings (SSSR count). The number of rotatable bonds is 3. The van der Waals surface area contributed by atoms with Gasteiger partial charge in [-0.25, -0.2) is 0 Å². The summed E-state index contributed by atoms with van der Waals surface area (Å²) < 4.78 is 10.2. The highest BCUT2D eigenvalue weighted by Crippen LogP contribution is 2.25. The maximum atomic E-state index is 5.15. The molecule has 0 saturated carbocycles. The van der Waals surface area contributed by atoms with Crippen molar-refractivity contribution in [2.75, 3.05) is 7.11 Å². The SMILES string of the molecule is C=C=COc1ccccc1OC. The molecule has 2 heteroatoms. The fourth-order valence-corrected chi connectivity index (χ4v) is 0.821. The van der Waals surface area contributed by atoms with Crippen molar-refractivity contribution >= 4 is 0 Å². The lowest BCUT2D eigenvalue weighted by Crippen LogP contribution is -1.87. The second-order valence-corrected chi connectivity index (χ2v) is 2.09. The van der Waals surface area contributed by atoms with Gasteiger partial charge in [0.2, 0.25) is 0 Å². The van der Waals surface area contributed by atoms with Crippen LogP contribution in [0.3, 0.4) is 0 Å². The van der Waals surface area contributed by atoms with Gasteiger partial charge in [0.15, 0.2) is 11.5 Å². The standard InChI is InChI=1S/C10H10O2/c1-3-8-12-10-7-5-4-6-9(10)11-2/h4-8H,1H2,2H3. The molecule has 0 fully saturated rings. The summed E-state index contributed by atoms with van der Waals surface area (Å²) in [4.78, 5) is 0. The fraction of sp³-hybridized carbons (Fsp3) is 0.100. The zero-order valence-electron chi connectivity index (χ0n) is 6.91. The van der Waals surface area contributed by atoms with Crippen LogP contribution in [-0.2, 0) is 0 Å². The number of benzene rings is 1. The predicted octanol–water partition coefficient (Wildman–Crippen LogP) is 2.37. The third-order valence-electron chi connectivity index (χ3n) is 1.34. The summed E-state index contributed by atoms with van der Waals surface area (Å²) in [5, 5.41) is 0. The molecule has 0 amide bonds. The first-order valence-electron chi connectivity index (χ1n) is 3.52. The fourth-order valence-electron chi connectivity index (χ4n) is 0.821. The van der Waals surface area contributed by atoms with Gasteiger partial charge in [-0.3, -0.25) is 0 Å². The summed E-state index contributed by atoms with van der Waals surface area (Å²) >= 11 is 0. The second-order valence-electron chi connectivity index (χ2n) is 2.09. The summed E-state index contributed by atoms with van der Waals surface area (Å²) in [6.07, 6.45) is 1.39. The molecule has 0 bridgehead atoms. The summed E-state index contributed by atoms with van der Waals surface area (Å²) in [5.41, 5.74) is 2.51. The van der Waals surface area contributed by atoms with Gasteiger partial charge in [-0.15, -0.1) is 0 Å². The average molecular weight is 162 g/mol. The van der Waals surface area contributed by atoms with Crippen molar-refractivity contribution in [1.29, 1.82) is 0 Å². The normalized spacial score (nSPS) is 8.42. The molecule has 12 heavy (non-hydrogen) atoms. The average Bonchev–Trinajstić information content (AvgIpc) is 2.15. The Bertz CT molecular complexity index is 298. The second kappa shape index (κ2) is 4.27. The summed E-state index contributed by atoms with van der Waals surface area (Å²) in [5.74, 6) is 1.36. The van der Waals surface area contributed by atoms with Crippen LogP contribution in [0.2, 0.25) is 0 Å². The van der Waals surface area contributed by atoms with Gasteiger partial charge in [-0.05, 0) is 12.1 Å². The molecule has 0 N–H and O–H groups in total. The Morgan fingerprint density at radius 3 is 2.58 bits per heavy atom. The number of methoxy groups -OCH3 is 1. The third kappa shape index (κ3) is 1.91. The van der Waals surface area contributed by atoms with Crippen LogP contribution < -0.4 is 9.47 Å². The molecular formula is C10H10O2. The van der Waals surface area contributed by atoms with E-state index in [1.54, 1.807) is 7.11 Å². The molecule has 0 aliphatic heterocycles. The van der Waals surface area contributed by atoms with E-state index in [4.69, 9.17) is 9.47 Å². The van der Waals surface area contributed by atoms with Gasteiger partial charge in [0.05, 0.1) is 7.11 Å². The maximum absolute atomic E-state index is 5.15. The van der Waals surface area contributed by atoms with E-state index in [1.807, 2.05) is 24.3 Å². The quantitative estimate of drug-likeness (QED) is 0.501. The first-order chi connectivity index (χ1) is 5.88. The van der Waals surface area contributed by atoms with Crippen molar-refractivity contribution in [3.05, 3.63) is 42.8 Å².